The maximum absolute atomic E-state index is 5.53. The largest absolute Gasteiger partial charge is 0.474 e. The van der Waals surface area contributed by atoms with Gasteiger partial charge in [0.05, 0.1) is 24.2 Å². The monoisotopic (exact) mass is 340 g/mol. The molecular formula is C16H20N8O. The first kappa shape index (κ1) is 16.6. The van der Waals surface area contributed by atoms with Crippen LogP contribution in [-0.2, 0) is 0 Å². The molecule has 25 heavy (non-hydrogen) atoms. The zero-order chi connectivity index (χ0) is 17.5. The van der Waals surface area contributed by atoms with Crippen LogP contribution in [-0.4, -0.2) is 49.4 Å². The third-order valence-electron chi connectivity index (χ3n) is 3.15. The van der Waals surface area contributed by atoms with E-state index in [-0.39, 0.29) is 6.10 Å². The topological polar surface area (TPSA) is 103 Å². The van der Waals surface area contributed by atoms with Gasteiger partial charge in [0.25, 0.3) is 0 Å². The molecule has 3 rings (SSSR count). The number of anilines is 2. The van der Waals surface area contributed by atoms with E-state index in [2.05, 4.69) is 36.1 Å². The van der Waals surface area contributed by atoms with Crippen LogP contribution in [0, 0.1) is 0 Å². The lowest BCUT2D eigenvalue weighted by atomic mass is 10.3. The predicted molar refractivity (Wildman–Crippen MR) is 93.9 cm³/mol. The molecule has 0 fully saturated rings. The molecule has 0 bridgehead atoms. The molecule has 0 atom stereocenters. The van der Waals surface area contributed by atoms with Crippen molar-refractivity contribution in [2.75, 3.05) is 23.7 Å². The SMILES string of the molecule is CC(C)Oc1cncc(NCCNc2nnnn2-c2ccccc2)n1. The molecule has 0 radical (unpaired) electrons. The van der Waals surface area contributed by atoms with Crippen molar-refractivity contribution in [3.05, 3.63) is 42.7 Å². The van der Waals surface area contributed by atoms with Gasteiger partial charge in [0.2, 0.25) is 11.8 Å². The molecule has 0 spiro atoms. The third-order valence-corrected chi connectivity index (χ3v) is 3.15. The quantitative estimate of drug-likeness (QED) is 0.598. The fourth-order valence-electron chi connectivity index (χ4n) is 2.14. The number of nitrogens with zero attached hydrogens (tertiary/aromatic N) is 6. The molecule has 9 nitrogen and oxygen atoms in total. The van der Waals surface area contributed by atoms with E-state index in [1.165, 1.54) is 0 Å². The molecule has 2 heterocycles. The summed E-state index contributed by atoms with van der Waals surface area (Å²) < 4.78 is 7.18. The summed E-state index contributed by atoms with van der Waals surface area (Å²) >= 11 is 0. The molecular weight excluding hydrogens is 320 g/mol. The molecule has 0 amide bonds. The summed E-state index contributed by atoms with van der Waals surface area (Å²) in [5.41, 5.74) is 0.896. The lowest BCUT2D eigenvalue weighted by molar-refractivity contribution is 0.232. The van der Waals surface area contributed by atoms with E-state index in [1.807, 2.05) is 44.2 Å². The van der Waals surface area contributed by atoms with Gasteiger partial charge in [0, 0.05) is 13.1 Å². The highest BCUT2D eigenvalue weighted by Crippen LogP contribution is 2.11. The number of benzene rings is 1. The van der Waals surface area contributed by atoms with Crippen LogP contribution in [0.3, 0.4) is 0 Å². The van der Waals surface area contributed by atoms with Crippen LogP contribution in [0.25, 0.3) is 5.69 Å². The normalized spacial score (nSPS) is 10.7. The standard InChI is InChI=1S/C16H20N8O/c1-12(2)25-15-11-17-10-14(20-15)18-8-9-19-16-21-22-23-24(16)13-6-4-3-5-7-13/h3-7,10-12H,8-9H2,1-2H3,(H,18,20)(H,19,21,23). The van der Waals surface area contributed by atoms with Crippen LogP contribution >= 0.6 is 0 Å². The van der Waals surface area contributed by atoms with Gasteiger partial charge in [-0.1, -0.05) is 23.3 Å². The molecule has 0 unspecified atom stereocenters. The van der Waals surface area contributed by atoms with E-state index in [0.717, 1.165) is 5.69 Å². The minimum atomic E-state index is 0.0584. The van der Waals surface area contributed by atoms with Crippen LogP contribution in [0.15, 0.2) is 42.7 Å². The van der Waals surface area contributed by atoms with Gasteiger partial charge >= 0.3 is 0 Å². The van der Waals surface area contributed by atoms with Crippen molar-refractivity contribution in [2.45, 2.75) is 20.0 Å². The van der Waals surface area contributed by atoms with Crippen LogP contribution < -0.4 is 15.4 Å². The molecule has 0 saturated heterocycles. The first-order chi connectivity index (χ1) is 12.2. The summed E-state index contributed by atoms with van der Waals surface area (Å²) in [5.74, 6) is 1.74. The lowest BCUT2D eigenvalue weighted by Crippen LogP contribution is -2.17. The van der Waals surface area contributed by atoms with E-state index >= 15 is 0 Å². The summed E-state index contributed by atoms with van der Waals surface area (Å²) in [6.07, 6.45) is 3.31. The van der Waals surface area contributed by atoms with Gasteiger partial charge in [-0.05, 0) is 36.4 Å². The van der Waals surface area contributed by atoms with Crippen LogP contribution in [0.4, 0.5) is 11.8 Å². The van der Waals surface area contributed by atoms with Gasteiger partial charge in [0.15, 0.2) is 0 Å². The molecule has 1 aromatic carbocycles. The fourth-order valence-corrected chi connectivity index (χ4v) is 2.14. The lowest BCUT2D eigenvalue weighted by Gasteiger charge is -2.11. The average molecular weight is 340 g/mol. The Balaban J connectivity index is 1.52. The summed E-state index contributed by atoms with van der Waals surface area (Å²) in [6.45, 7) is 5.14. The molecule has 9 heteroatoms. The average Bonchev–Trinajstić information content (AvgIpc) is 3.08. The second kappa shape index (κ2) is 8.04. The van der Waals surface area contributed by atoms with Crippen LogP contribution in [0.2, 0.25) is 0 Å². The first-order valence-electron chi connectivity index (χ1n) is 8.02. The molecule has 130 valence electrons. The molecule has 2 N–H and O–H groups in total. The zero-order valence-electron chi connectivity index (χ0n) is 14.1. The van der Waals surface area contributed by atoms with Crippen molar-refractivity contribution in [1.29, 1.82) is 0 Å². The number of hydrogen-bond donors (Lipinski definition) is 2. The maximum Gasteiger partial charge on any atom is 0.247 e. The van der Waals surface area contributed by atoms with Crippen LogP contribution in [0.1, 0.15) is 13.8 Å². The molecule has 2 aromatic heterocycles. The number of aromatic nitrogens is 6. The second-order valence-electron chi connectivity index (χ2n) is 5.51. The van der Waals surface area contributed by atoms with E-state index in [4.69, 9.17) is 4.74 Å². The number of rotatable bonds is 8. The van der Waals surface area contributed by atoms with E-state index in [9.17, 15) is 0 Å². The third kappa shape index (κ3) is 4.63. The van der Waals surface area contributed by atoms with Gasteiger partial charge in [-0.25, -0.2) is 0 Å². The molecule has 0 aliphatic heterocycles. The Hall–Kier alpha value is -3.23. The number of nitrogens with one attached hydrogen (secondary N) is 2. The van der Waals surface area contributed by atoms with Crippen LogP contribution in [0.5, 0.6) is 5.88 Å². The second-order valence-corrected chi connectivity index (χ2v) is 5.51. The summed E-state index contributed by atoms with van der Waals surface area (Å²) in [5, 5.41) is 18.1. The maximum atomic E-state index is 5.53. The molecule has 3 aromatic rings. The number of ether oxygens (including phenoxy) is 1. The van der Waals surface area contributed by atoms with Crippen molar-refractivity contribution >= 4 is 11.8 Å². The highest BCUT2D eigenvalue weighted by Gasteiger charge is 2.07. The highest BCUT2D eigenvalue weighted by molar-refractivity contribution is 5.39. The van der Waals surface area contributed by atoms with Gasteiger partial charge in [-0.2, -0.15) is 9.67 Å². The number of hydrogen-bond acceptors (Lipinski definition) is 8. The first-order valence-corrected chi connectivity index (χ1v) is 8.02. The Morgan fingerprint density at radius 3 is 2.68 bits per heavy atom. The Bertz CT molecular complexity index is 790. The van der Waals surface area contributed by atoms with E-state index in [0.29, 0.717) is 30.7 Å². The van der Waals surface area contributed by atoms with Gasteiger partial charge in [0.1, 0.15) is 5.82 Å². The Morgan fingerprint density at radius 1 is 1.08 bits per heavy atom. The van der Waals surface area contributed by atoms with Crippen molar-refractivity contribution < 1.29 is 4.74 Å². The summed E-state index contributed by atoms with van der Waals surface area (Å²) in [4.78, 5) is 8.46. The van der Waals surface area contributed by atoms with Crippen molar-refractivity contribution in [2.24, 2.45) is 0 Å². The minimum Gasteiger partial charge on any atom is -0.474 e. The number of para-hydroxylation sites is 1. The van der Waals surface area contributed by atoms with Crippen molar-refractivity contribution in [3.63, 3.8) is 0 Å². The van der Waals surface area contributed by atoms with E-state index < -0.39 is 0 Å². The fraction of sp³-hybridized carbons (Fsp3) is 0.312. The molecule has 0 aliphatic carbocycles. The summed E-state index contributed by atoms with van der Waals surface area (Å²) in [6, 6.07) is 9.70. The minimum absolute atomic E-state index is 0.0584. The van der Waals surface area contributed by atoms with Gasteiger partial charge in [-0.3, -0.25) is 4.98 Å². The van der Waals surface area contributed by atoms with Crippen molar-refractivity contribution in [3.8, 4) is 11.6 Å². The van der Waals surface area contributed by atoms with E-state index in [1.54, 1.807) is 17.1 Å². The van der Waals surface area contributed by atoms with Crippen molar-refractivity contribution in [1.82, 2.24) is 30.2 Å². The van der Waals surface area contributed by atoms with Gasteiger partial charge < -0.3 is 15.4 Å². The molecule has 0 aliphatic rings. The smallest absolute Gasteiger partial charge is 0.247 e. The highest BCUT2D eigenvalue weighted by atomic mass is 16.5. The summed E-state index contributed by atoms with van der Waals surface area (Å²) in [7, 11) is 0. The Kier molecular flexibility index (Phi) is 5.35. The Morgan fingerprint density at radius 2 is 1.88 bits per heavy atom. The van der Waals surface area contributed by atoms with Gasteiger partial charge in [-0.15, -0.1) is 0 Å². The zero-order valence-corrected chi connectivity index (χ0v) is 14.1. The predicted octanol–water partition coefficient (Wildman–Crippen LogP) is 1.76. The number of tetrazole rings is 1. The molecule has 0 saturated carbocycles. The Labute approximate surface area is 145 Å².